The van der Waals surface area contributed by atoms with Gasteiger partial charge in [0.15, 0.2) is 0 Å². The van der Waals surface area contributed by atoms with Crippen LogP contribution in [0.25, 0.3) is 16.8 Å². The first kappa shape index (κ1) is 17.2. The van der Waals surface area contributed by atoms with E-state index >= 15 is 0 Å². The van der Waals surface area contributed by atoms with Gasteiger partial charge < -0.3 is 5.43 Å². The quantitative estimate of drug-likeness (QED) is 0.756. The van der Waals surface area contributed by atoms with Crippen LogP contribution in [0.2, 0.25) is 0 Å². The Morgan fingerprint density at radius 2 is 1.50 bits per heavy atom. The fraction of sp³-hybridized carbons (Fsp3) is 0.208. The fourth-order valence-electron chi connectivity index (χ4n) is 4.41. The minimum absolute atomic E-state index is 0.357. The van der Waals surface area contributed by atoms with Crippen molar-refractivity contribution in [2.45, 2.75) is 6.04 Å². The number of aromatic nitrogens is 1. The third-order valence-corrected chi connectivity index (χ3v) is 5.78. The Morgan fingerprint density at radius 3 is 2.11 bits per heavy atom. The van der Waals surface area contributed by atoms with Gasteiger partial charge in [0.05, 0.1) is 11.7 Å². The monoisotopic (exact) mass is 368 g/mol. The molecule has 0 amide bonds. The summed E-state index contributed by atoms with van der Waals surface area (Å²) in [4.78, 5) is 6.79. The molecule has 2 heterocycles. The molecule has 3 aromatic rings. The van der Waals surface area contributed by atoms with Gasteiger partial charge in [-0.1, -0.05) is 55.1 Å². The van der Waals surface area contributed by atoms with Gasteiger partial charge in [-0.15, -0.1) is 0 Å². The molecule has 2 aromatic carbocycles. The van der Waals surface area contributed by atoms with Crippen molar-refractivity contribution in [3.8, 4) is 11.1 Å². The maximum Gasteiger partial charge on any atom is 0.0614 e. The van der Waals surface area contributed by atoms with Crippen LogP contribution in [0.1, 0.15) is 22.7 Å². The highest BCUT2D eigenvalue weighted by Crippen LogP contribution is 2.46. The van der Waals surface area contributed by atoms with E-state index in [-0.39, 0.29) is 0 Å². The van der Waals surface area contributed by atoms with Crippen LogP contribution in [-0.2, 0) is 0 Å². The third kappa shape index (κ3) is 3.01. The molecule has 0 atom stereocenters. The third-order valence-electron chi connectivity index (χ3n) is 5.78. The Kier molecular flexibility index (Phi) is 4.43. The average Bonchev–Trinajstić information content (AvgIpc) is 3.09. The van der Waals surface area contributed by atoms with Gasteiger partial charge in [0.1, 0.15) is 0 Å². The summed E-state index contributed by atoms with van der Waals surface area (Å²) in [6.45, 7) is 8.11. The first-order valence-corrected chi connectivity index (χ1v) is 9.84. The Labute approximate surface area is 166 Å². The highest BCUT2D eigenvalue weighted by Gasteiger charge is 2.34. The smallest absolute Gasteiger partial charge is 0.0614 e. The molecule has 28 heavy (non-hydrogen) atoms. The molecule has 1 aliphatic heterocycles. The second kappa shape index (κ2) is 7.23. The molecule has 1 fully saturated rings. The molecule has 1 saturated heterocycles. The molecule has 140 valence electrons. The van der Waals surface area contributed by atoms with Crippen molar-refractivity contribution in [1.29, 1.82) is 0 Å². The molecule has 4 heteroatoms. The number of nitrogens with one attached hydrogen (secondary N) is 1. The Hall–Kier alpha value is -2.95. The maximum absolute atomic E-state index is 4.18. The minimum Gasteiger partial charge on any atom is -0.319 e. The number of hydrogen-bond donors (Lipinski definition) is 1. The van der Waals surface area contributed by atoms with E-state index in [1.165, 1.54) is 22.3 Å². The lowest BCUT2D eigenvalue weighted by Gasteiger charge is -2.39. The van der Waals surface area contributed by atoms with Crippen molar-refractivity contribution in [1.82, 2.24) is 20.3 Å². The van der Waals surface area contributed by atoms with E-state index in [0.717, 1.165) is 37.4 Å². The van der Waals surface area contributed by atoms with Crippen molar-refractivity contribution in [2.24, 2.45) is 0 Å². The number of piperazine rings is 1. The average molecular weight is 368 g/mol. The number of benzene rings is 2. The lowest BCUT2D eigenvalue weighted by molar-refractivity contribution is 0.0906. The summed E-state index contributed by atoms with van der Waals surface area (Å²) in [7, 11) is 0. The summed E-state index contributed by atoms with van der Waals surface area (Å²) in [6, 6.07) is 22.0. The largest absolute Gasteiger partial charge is 0.319 e. The van der Waals surface area contributed by atoms with Crippen LogP contribution in [0, 0.1) is 0 Å². The summed E-state index contributed by atoms with van der Waals surface area (Å²) >= 11 is 0. The van der Waals surface area contributed by atoms with E-state index in [0.29, 0.717) is 6.04 Å². The Balaban J connectivity index is 1.30. The number of hydrazine groups is 1. The molecule has 0 radical (unpaired) electrons. The molecule has 5 rings (SSSR count). The summed E-state index contributed by atoms with van der Waals surface area (Å²) in [5.41, 5.74) is 11.0. The number of pyridine rings is 1. The molecule has 4 nitrogen and oxygen atoms in total. The molecule has 0 bridgehead atoms. The van der Waals surface area contributed by atoms with E-state index in [9.17, 15) is 0 Å². The van der Waals surface area contributed by atoms with Crippen molar-refractivity contribution in [3.63, 3.8) is 0 Å². The molecular formula is C24H24N4. The van der Waals surface area contributed by atoms with Crippen molar-refractivity contribution >= 4 is 5.70 Å². The van der Waals surface area contributed by atoms with Crippen molar-refractivity contribution in [3.05, 3.63) is 96.3 Å². The topological polar surface area (TPSA) is 31.4 Å². The zero-order valence-corrected chi connectivity index (χ0v) is 15.9. The zero-order chi connectivity index (χ0) is 18.9. The second-order valence-electron chi connectivity index (χ2n) is 7.43. The summed E-state index contributed by atoms with van der Waals surface area (Å²) < 4.78 is 0. The lowest BCUT2D eigenvalue weighted by Crippen LogP contribution is -2.51. The van der Waals surface area contributed by atoms with Crippen molar-refractivity contribution in [2.75, 3.05) is 26.2 Å². The van der Waals surface area contributed by atoms with Gasteiger partial charge in [0.2, 0.25) is 0 Å². The molecule has 1 N–H and O–H groups in total. The van der Waals surface area contributed by atoms with Crippen LogP contribution in [0.15, 0.2) is 79.6 Å². The molecule has 0 unspecified atom stereocenters. The van der Waals surface area contributed by atoms with Crippen LogP contribution >= 0.6 is 0 Å². The van der Waals surface area contributed by atoms with Gasteiger partial charge in [0, 0.05) is 44.1 Å². The van der Waals surface area contributed by atoms with Crippen molar-refractivity contribution < 1.29 is 0 Å². The second-order valence-corrected chi connectivity index (χ2v) is 7.43. The van der Waals surface area contributed by atoms with Crippen LogP contribution in [0.3, 0.4) is 0 Å². The van der Waals surface area contributed by atoms with Gasteiger partial charge >= 0.3 is 0 Å². The van der Waals surface area contributed by atoms with E-state index in [1.807, 2.05) is 18.3 Å². The fourth-order valence-corrected chi connectivity index (χ4v) is 4.41. The van der Waals surface area contributed by atoms with Gasteiger partial charge in [-0.2, -0.15) is 0 Å². The molecule has 1 aromatic heterocycles. The predicted molar refractivity (Wildman–Crippen MR) is 113 cm³/mol. The summed E-state index contributed by atoms with van der Waals surface area (Å²) in [5, 5.41) is 2.26. The highest BCUT2D eigenvalue weighted by atomic mass is 15.5. The van der Waals surface area contributed by atoms with Crippen LogP contribution < -0.4 is 5.43 Å². The van der Waals surface area contributed by atoms with Crippen LogP contribution in [0.4, 0.5) is 0 Å². The molecule has 1 aliphatic carbocycles. The van der Waals surface area contributed by atoms with Gasteiger partial charge in [-0.3, -0.25) is 9.88 Å². The molecular weight excluding hydrogens is 344 g/mol. The van der Waals surface area contributed by atoms with Gasteiger partial charge in [-0.05, 0) is 34.4 Å². The first-order chi connectivity index (χ1) is 13.8. The standard InChI is InChI=1S/C24H24N4/c1-18(19-7-6-12-25-17-19)26-28-15-13-27(14-16-28)24-22-10-4-2-8-20(22)21-9-3-5-11-23(21)24/h2-12,17,24,26H,1,13-16H2. The molecule has 0 spiro atoms. The summed E-state index contributed by atoms with van der Waals surface area (Å²) in [5.74, 6) is 0. The summed E-state index contributed by atoms with van der Waals surface area (Å²) in [6.07, 6.45) is 3.63. The van der Waals surface area contributed by atoms with Gasteiger partial charge in [0.25, 0.3) is 0 Å². The maximum atomic E-state index is 4.18. The Bertz CT molecular complexity index is 945. The number of rotatable bonds is 4. The number of hydrogen-bond acceptors (Lipinski definition) is 4. The minimum atomic E-state index is 0.357. The van der Waals surface area contributed by atoms with E-state index in [1.54, 1.807) is 6.20 Å². The van der Waals surface area contributed by atoms with E-state index in [4.69, 9.17) is 0 Å². The number of nitrogens with zero attached hydrogens (tertiary/aromatic N) is 3. The molecule has 0 saturated carbocycles. The predicted octanol–water partition coefficient (Wildman–Crippen LogP) is 3.94. The van der Waals surface area contributed by atoms with E-state index in [2.05, 4.69) is 75.4 Å². The highest BCUT2D eigenvalue weighted by molar-refractivity contribution is 5.78. The zero-order valence-electron chi connectivity index (χ0n) is 15.9. The first-order valence-electron chi connectivity index (χ1n) is 9.84. The molecule has 2 aliphatic rings. The lowest BCUT2D eigenvalue weighted by atomic mass is 10.0. The van der Waals surface area contributed by atoms with E-state index < -0.39 is 0 Å². The Morgan fingerprint density at radius 1 is 0.857 bits per heavy atom. The van der Waals surface area contributed by atoms with Gasteiger partial charge in [-0.25, -0.2) is 5.01 Å². The van der Waals surface area contributed by atoms with Crippen LogP contribution in [0.5, 0.6) is 0 Å². The normalized spacial score (nSPS) is 17.1. The van der Waals surface area contributed by atoms with Crippen LogP contribution in [-0.4, -0.2) is 41.1 Å². The number of fused-ring (bicyclic) bond motifs is 3. The SMILES string of the molecule is C=C(NN1CCN(C2c3ccccc3-c3ccccc32)CC1)c1cccnc1.